The van der Waals surface area contributed by atoms with Gasteiger partial charge in [-0.15, -0.1) is 0 Å². The van der Waals surface area contributed by atoms with Gasteiger partial charge in [0.15, 0.2) is 0 Å². The van der Waals surface area contributed by atoms with Crippen LogP contribution in [0.1, 0.15) is 43.2 Å². The molecular formula is C29H32N6O. The van der Waals surface area contributed by atoms with Gasteiger partial charge in [-0.05, 0) is 73.5 Å². The van der Waals surface area contributed by atoms with Gasteiger partial charge in [-0.2, -0.15) is 10.2 Å². The molecule has 184 valence electrons. The van der Waals surface area contributed by atoms with E-state index < -0.39 is 0 Å². The third kappa shape index (κ3) is 4.44. The molecule has 0 saturated heterocycles. The lowest BCUT2D eigenvalue weighted by atomic mass is 9.48. The van der Waals surface area contributed by atoms with E-state index in [1.807, 2.05) is 12.1 Å². The molecule has 4 bridgehead atoms. The standard InChI is InChI=1S/C29H32N6O/c30-15-23-17-32-28(31-16-20-6-4-5-9-25(20)36)35-27(23)33-18-29-12-19-10-21(13-29)26(22(11-19)14-29)34-24-7-2-1-3-8-24/h1-9,17,19,21-22,26,34,36H,10-14,16,18H2,(H2,31,32,33,35)/t19?,21-,22+,26-,29+. The van der Waals surface area contributed by atoms with Crippen molar-refractivity contribution in [2.24, 2.45) is 23.2 Å². The highest BCUT2D eigenvalue weighted by atomic mass is 16.3. The van der Waals surface area contributed by atoms with Crippen molar-refractivity contribution in [3.05, 3.63) is 71.9 Å². The Balaban J connectivity index is 1.14. The van der Waals surface area contributed by atoms with Gasteiger partial charge < -0.3 is 21.1 Å². The van der Waals surface area contributed by atoms with Crippen LogP contribution in [0.2, 0.25) is 0 Å². The van der Waals surface area contributed by atoms with Crippen molar-refractivity contribution in [1.29, 1.82) is 5.26 Å². The van der Waals surface area contributed by atoms with Crippen molar-refractivity contribution in [2.45, 2.75) is 44.7 Å². The summed E-state index contributed by atoms with van der Waals surface area (Å²) in [6, 6.07) is 20.6. The van der Waals surface area contributed by atoms with Gasteiger partial charge in [-0.25, -0.2) is 4.98 Å². The van der Waals surface area contributed by atoms with Gasteiger partial charge in [0.05, 0.1) is 6.20 Å². The van der Waals surface area contributed by atoms with Crippen molar-refractivity contribution in [3.8, 4) is 11.8 Å². The molecule has 36 heavy (non-hydrogen) atoms. The molecule has 7 nitrogen and oxygen atoms in total. The molecule has 7 rings (SSSR count). The monoisotopic (exact) mass is 480 g/mol. The third-order valence-electron chi connectivity index (χ3n) is 8.48. The average molecular weight is 481 g/mol. The molecule has 0 radical (unpaired) electrons. The third-order valence-corrected chi connectivity index (χ3v) is 8.48. The molecule has 4 saturated carbocycles. The number of nitrogens with one attached hydrogen (secondary N) is 3. The molecule has 4 aliphatic carbocycles. The maximum Gasteiger partial charge on any atom is 0.224 e. The molecule has 5 atom stereocenters. The molecule has 2 aromatic carbocycles. The van der Waals surface area contributed by atoms with E-state index in [1.54, 1.807) is 18.3 Å². The topological polar surface area (TPSA) is 106 Å². The van der Waals surface area contributed by atoms with E-state index >= 15 is 0 Å². The molecule has 0 spiro atoms. The van der Waals surface area contributed by atoms with Crippen LogP contribution in [0.5, 0.6) is 5.75 Å². The molecule has 1 aromatic heterocycles. The van der Waals surface area contributed by atoms with Crippen LogP contribution in [0.15, 0.2) is 60.8 Å². The lowest BCUT2D eigenvalue weighted by Crippen LogP contribution is -2.57. The lowest BCUT2D eigenvalue weighted by Gasteiger charge is -2.60. The molecule has 4 fully saturated rings. The minimum absolute atomic E-state index is 0.235. The molecule has 4 N–H and O–H groups in total. The summed E-state index contributed by atoms with van der Waals surface area (Å²) in [6.45, 7) is 1.24. The Hall–Kier alpha value is -3.79. The zero-order chi connectivity index (χ0) is 24.5. The van der Waals surface area contributed by atoms with Crippen molar-refractivity contribution in [3.63, 3.8) is 0 Å². The van der Waals surface area contributed by atoms with E-state index in [0.29, 0.717) is 41.8 Å². The van der Waals surface area contributed by atoms with Crippen molar-refractivity contribution >= 4 is 17.5 Å². The van der Waals surface area contributed by atoms with Gasteiger partial charge in [0.1, 0.15) is 23.2 Å². The van der Waals surface area contributed by atoms with Gasteiger partial charge in [-0.3, -0.25) is 0 Å². The van der Waals surface area contributed by atoms with Gasteiger partial charge in [-0.1, -0.05) is 36.4 Å². The molecule has 0 aliphatic heterocycles. The number of phenolic OH excluding ortho intramolecular Hbond substituents is 1. The molecule has 1 heterocycles. The Bertz CT molecular complexity index is 1260. The molecule has 0 amide bonds. The SMILES string of the molecule is N#Cc1cnc(NCc2ccccc2O)nc1NC[C@@]12CC3C[C@H](C1)[C@@H](Nc1ccccc1)[C@@H](C3)C2. The Morgan fingerprint density at radius 1 is 0.972 bits per heavy atom. The van der Waals surface area contributed by atoms with Crippen molar-refractivity contribution < 1.29 is 5.11 Å². The number of anilines is 3. The smallest absolute Gasteiger partial charge is 0.224 e. The van der Waals surface area contributed by atoms with Gasteiger partial charge in [0.25, 0.3) is 0 Å². The molecule has 1 unspecified atom stereocenters. The van der Waals surface area contributed by atoms with Crippen LogP contribution in [0.4, 0.5) is 17.5 Å². The van der Waals surface area contributed by atoms with Gasteiger partial charge in [0.2, 0.25) is 5.95 Å². The van der Waals surface area contributed by atoms with Crippen LogP contribution < -0.4 is 16.0 Å². The minimum Gasteiger partial charge on any atom is -0.508 e. The van der Waals surface area contributed by atoms with E-state index in [0.717, 1.165) is 18.0 Å². The summed E-state index contributed by atoms with van der Waals surface area (Å²) in [6.07, 6.45) is 7.89. The maximum atomic E-state index is 10.0. The van der Waals surface area contributed by atoms with Gasteiger partial charge in [0, 0.05) is 30.4 Å². The second-order valence-electron chi connectivity index (χ2n) is 10.9. The van der Waals surface area contributed by atoms with Crippen molar-refractivity contribution in [2.75, 3.05) is 22.5 Å². The number of benzene rings is 2. The highest BCUT2D eigenvalue weighted by Crippen LogP contribution is 2.60. The van der Waals surface area contributed by atoms with Crippen LogP contribution in [0.3, 0.4) is 0 Å². The van der Waals surface area contributed by atoms with E-state index in [2.05, 4.69) is 62.3 Å². The number of aromatic nitrogens is 2. The fourth-order valence-corrected chi connectivity index (χ4v) is 7.16. The second-order valence-corrected chi connectivity index (χ2v) is 10.9. The zero-order valence-corrected chi connectivity index (χ0v) is 20.3. The van der Waals surface area contributed by atoms with Crippen LogP contribution in [0.25, 0.3) is 0 Å². The summed E-state index contributed by atoms with van der Waals surface area (Å²) in [5, 5.41) is 30.3. The number of hydrogen-bond acceptors (Lipinski definition) is 7. The summed E-state index contributed by atoms with van der Waals surface area (Å²) in [7, 11) is 0. The summed E-state index contributed by atoms with van der Waals surface area (Å²) in [4.78, 5) is 8.93. The van der Waals surface area contributed by atoms with E-state index in [-0.39, 0.29) is 11.2 Å². The van der Waals surface area contributed by atoms with E-state index in [9.17, 15) is 10.4 Å². The van der Waals surface area contributed by atoms with Gasteiger partial charge >= 0.3 is 0 Å². The molecular weight excluding hydrogens is 448 g/mol. The van der Waals surface area contributed by atoms with Crippen LogP contribution in [-0.2, 0) is 6.54 Å². The second kappa shape index (κ2) is 9.34. The minimum atomic E-state index is 0.235. The van der Waals surface area contributed by atoms with E-state index in [1.165, 1.54) is 37.8 Å². The predicted molar refractivity (Wildman–Crippen MR) is 141 cm³/mol. The molecule has 3 aromatic rings. The number of para-hydroxylation sites is 2. The van der Waals surface area contributed by atoms with Crippen LogP contribution in [-0.4, -0.2) is 27.7 Å². The first-order chi connectivity index (χ1) is 17.6. The maximum absolute atomic E-state index is 10.0. The Morgan fingerprint density at radius 3 is 2.47 bits per heavy atom. The first-order valence-corrected chi connectivity index (χ1v) is 12.9. The first kappa shape index (κ1) is 22.7. The number of aromatic hydroxyl groups is 1. The Kier molecular flexibility index (Phi) is 5.88. The quantitative estimate of drug-likeness (QED) is 0.343. The fourth-order valence-electron chi connectivity index (χ4n) is 7.16. The summed E-state index contributed by atoms with van der Waals surface area (Å²) in [5.41, 5.74) is 2.71. The molecule has 7 heteroatoms. The number of nitrogens with zero attached hydrogens (tertiary/aromatic N) is 3. The lowest BCUT2D eigenvalue weighted by molar-refractivity contribution is -0.0536. The summed E-state index contributed by atoms with van der Waals surface area (Å²) in [5.74, 6) is 3.44. The highest BCUT2D eigenvalue weighted by molar-refractivity contribution is 5.54. The summed E-state index contributed by atoms with van der Waals surface area (Å²) >= 11 is 0. The van der Waals surface area contributed by atoms with Crippen LogP contribution in [0, 0.1) is 34.5 Å². The largest absolute Gasteiger partial charge is 0.508 e. The zero-order valence-electron chi connectivity index (χ0n) is 20.3. The normalized spacial score (nSPS) is 27.9. The summed E-state index contributed by atoms with van der Waals surface area (Å²) < 4.78 is 0. The number of phenols is 1. The highest BCUT2D eigenvalue weighted by Gasteiger charge is 2.55. The van der Waals surface area contributed by atoms with E-state index in [4.69, 9.17) is 0 Å². The number of hydrogen-bond donors (Lipinski definition) is 4. The Labute approximate surface area is 212 Å². The number of rotatable bonds is 8. The average Bonchev–Trinajstić information content (AvgIpc) is 2.89. The molecule has 4 aliphatic rings. The van der Waals surface area contributed by atoms with Crippen molar-refractivity contribution in [1.82, 2.24) is 9.97 Å². The predicted octanol–water partition coefficient (Wildman–Crippen LogP) is 5.38. The first-order valence-electron chi connectivity index (χ1n) is 12.9. The number of nitriles is 1. The fraction of sp³-hybridized carbons (Fsp3) is 0.414. The Morgan fingerprint density at radius 2 is 1.72 bits per heavy atom. The van der Waals surface area contributed by atoms with Crippen LogP contribution >= 0.6 is 0 Å².